The Morgan fingerprint density at radius 1 is 1.45 bits per heavy atom. The molecule has 1 atom stereocenters. The van der Waals surface area contributed by atoms with Gasteiger partial charge >= 0.3 is 0 Å². The normalized spacial score (nSPS) is 14.6. The zero-order chi connectivity index (χ0) is 9.07. The van der Waals surface area contributed by atoms with Crippen LogP contribution in [0.25, 0.3) is 0 Å². The smallest absolute Gasteiger partial charge is 0.0493 e. The van der Waals surface area contributed by atoms with Crippen LogP contribution in [0.5, 0.6) is 0 Å². The highest BCUT2D eigenvalue weighted by atomic mass is 16.3. The van der Waals surface area contributed by atoms with Crippen molar-refractivity contribution in [3.63, 3.8) is 0 Å². The van der Waals surface area contributed by atoms with Crippen molar-refractivity contribution in [2.24, 2.45) is 11.3 Å². The average molecular weight is 156 g/mol. The van der Waals surface area contributed by atoms with Gasteiger partial charge in [0.1, 0.15) is 0 Å². The summed E-state index contributed by atoms with van der Waals surface area (Å²) in [6.45, 7) is 12.7. The second-order valence-electron chi connectivity index (χ2n) is 4.48. The number of aliphatic hydroxyl groups is 1. The molecule has 0 bridgehead atoms. The largest absolute Gasteiger partial charge is 0.396 e. The average Bonchev–Trinajstić information content (AvgIpc) is 1.82. The van der Waals surface area contributed by atoms with Crippen molar-refractivity contribution in [2.75, 3.05) is 6.61 Å². The van der Waals surface area contributed by atoms with Gasteiger partial charge in [-0.1, -0.05) is 39.8 Å². The predicted octanol–water partition coefficient (Wildman–Crippen LogP) is 2.61. The van der Waals surface area contributed by atoms with Gasteiger partial charge in [0.2, 0.25) is 0 Å². The van der Waals surface area contributed by atoms with Crippen molar-refractivity contribution in [2.45, 2.75) is 34.1 Å². The summed E-state index contributed by atoms with van der Waals surface area (Å²) in [5, 5.41) is 8.84. The van der Waals surface area contributed by atoms with E-state index in [1.807, 2.05) is 6.92 Å². The van der Waals surface area contributed by atoms with Crippen LogP contribution < -0.4 is 0 Å². The van der Waals surface area contributed by atoms with Crippen LogP contribution >= 0.6 is 0 Å². The molecule has 0 aliphatic carbocycles. The maximum atomic E-state index is 8.84. The Morgan fingerprint density at radius 3 is 2.18 bits per heavy atom. The fraction of sp³-hybridized carbons (Fsp3) is 0.800. The Morgan fingerprint density at radius 2 is 1.91 bits per heavy atom. The van der Waals surface area contributed by atoms with Crippen LogP contribution in [-0.2, 0) is 0 Å². The molecule has 66 valence electrons. The summed E-state index contributed by atoms with van der Waals surface area (Å²) in [4.78, 5) is 0. The number of rotatable bonds is 3. The number of aliphatic hydroxyl groups excluding tert-OH is 1. The van der Waals surface area contributed by atoms with Gasteiger partial charge in [0.25, 0.3) is 0 Å². The third kappa shape index (κ3) is 5.02. The quantitative estimate of drug-likeness (QED) is 0.623. The minimum atomic E-state index is 0.217. The molecule has 0 aromatic rings. The van der Waals surface area contributed by atoms with E-state index < -0.39 is 0 Å². The van der Waals surface area contributed by atoms with E-state index in [1.165, 1.54) is 0 Å². The molecule has 0 radical (unpaired) electrons. The SMILES string of the molecule is C=C(CC(C)(C)C)C(C)CO. The van der Waals surface area contributed by atoms with E-state index in [0.717, 1.165) is 12.0 Å². The molecule has 0 amide bonds. The Hall–Kier alpha value is -0.300. The standard InChI is InChI=1S/C10H20O/c1-8(9(2)7-11)6-10(3,4)5/h9,11H,1,6-7H2,2-5H3. The lowest BCUT2D eigenvalue weighted by atomic mass is 9.84. The van der Waals surface area contributed by atoms with Crippen LogP contribution in [0, 0.1) is 11.3 Å². The maximum Gasteiger partial charge on any atom is 0.0493 e. The van der Waals surface area contributed by atoms with Gasteiger partial charge in [-0.05, 0) is 17.8 Å². The van der Waals surface area contributed by atoms with Gasteiger partial charge in [-0.15, -0.1) is 0 Å². The Balaban J connectivity index is 3.88. The van der Waals surface area contributed by atoms with Gasteiger partial charge in [0, 0.05) is 6.61 Å². The second kappa shape index (κ2) is 3.91. The molecule has 0 fully saturated rings. The number of hydrogen-bond acceptors (Lipinski definition) is 1. The number of hydrogen-bond donors (Lipinski definition) is 1. The Kier molecular flexibility index (Phi) is 3.81. The molecule has 0 saturated heterocycles. The maximum absolute atomic E-state index is 8.84. The van der Waals surface area contributed by atoms with Crippen LogP contribution in [0.1, 0.15) is 34.1 Å². The Bertz CT molecular complexity index is 130. The van der Waals surface area contributed by atoms with Crippen LogP contribution in [0.2, 0.25) is 0 Å². The third-order valence-electron chi connectivity index (χ3n) is 1.73. The van der Waals surface area contributed by atoms with Gasteiger partial charge in [0.05, 0.1) is 0 Å². The van der Waals surface area contributed by atoms with Crippen molar-refractivity contribution in [1.29, 1.82) is 0 Å². The molecule has 1 N–H and O–H groups in total. The molecule has 1 heteroatoms. The minimum absolute atomic E-state index is 0.217. The molecule has 0 rings (SSSR count). The predicted molar refractivity (Wildman–Crippen MR) is 49.5 cm³/mol. The van der Waals surface area contributed by atoms with Gasteiger partial charge in [-0.2, -0.15) is 0 Å². The highest BCUT2D eigenvalue weighted by Crippen LogP contribution is 2.26. The van der Waals surface area contributed by atoms with Gasteiger partial charge < -0.3 is 5.11 Å². The van der Waals surface area contributed by atoms with Gasteiger partial charge in [-0.25, -0.2) is 0 Å². The zero-order valence-corrected chi connectivity index (χ0v) is 8.15. The van der Waals surface area contributed by atoms with Crippen molar-refractivity contribution in [1.82, 2.24) is 0 Å². The molecule has 1 nitrogen and oxygen atoms in total. The van der Waals surface area contributed by atoms with Crippen molar-refractivity contribution < 1.29 is 5.11 Å². The van der Waals surface area contributed by atoms with E-state index in [-0.39, 0.29) is 12.5 Å². The molecule has 0 saturated carbocycles. The minimum Gasteiger partial charge on any atom is -0.396 e. The first-order chi connectivity index (χ1) is 4.87. The molecule has 11 heavy (non-hydrogen) atoms. The van der Waals surface area contributed by atoms with Crippen molar-refractivity contribution in [3.05, 3.63) is 12.2 Å². The summed E-state index contributed by atoms with van der Waals surface area (Å²) in [5.41, 5.74) is 1.44. The van der Waals surface area contributed by atoms with E-state index in [4.69, 9.17) is 5.11 Å². The summed E-state index contributed by atoms with van der Waals surface area (Å²) in [6.07, 6.45) is 0.995. The van der Waals surface area contributed by atoms with Crippen LogP contribution in [0.3, 0.4) is 0 Å². The summed E-state index contributed by atoms with van der Waals surface area (Å²) >= 11 is 0. The summed E-state index contributed by atoms with van der Waals surface area (Å²) in [5.74, 6) is 0.245. The first-order valence-electron chi connectivity index (χ1n) is 4.15. The molecular weight excluding hydrogens is 136 g/mol. The topological polar surface area (TPSA) is 20.2 Å². The second-order valence-corrected chi connectivity index (χ2v) is 4.48. The van der Waals surface area contributed by atoms with E-state index in [1.54, 1.807) is 0 Å². The Labute approximate surface area is 70.1 Å². The first kappa shape index (κ1) is 10.7. The van der Waals surface area contributed by atoms with E-state index in [2.05, 4.69) is 27.4 Å². The van der Waals surface area contributed by atoms with E-state index in [9.17, 15) is 0 Å². The third-order valence-corrected chi connectivity index (χ3v) is 1.73. The highest BCUT2D eigenvalue weighted by molar-refractivity contribution is 5.01. The van der Waals surface area contributed by atoms with Gasteiger partial charge in [-0.3, -0.25) is 0 Å². The lowest BCUT2D eigenvalue weighted by Crippen LogP contribution is -2.12. The summed E-state index contributed by atoms with van der Waals surface area (Å²) in [7, 11) is 0. The summed E-state index contributed by atoms with van der Waals surface area (Å²) < 4.78 is 0. The molecule has 1 unspecified atom stereocenters. The van der Waals surface area contributed by atoms with Crippen LogP contribution in [-0.4, -0.2) is 11.7 Å². The molecule has 0 aromatic carbocycles. The molecule has 0 aliphatic heterocycles. The fourth-order valence-electron chi connectivity index (χ4n) is 0.985. The monoisotopic (exact) mass is 156 g/mol. The molecule has 0 heterocycles. The highest BCUT2D eigenvalue weighted by Gasteiger charge is 2.15. The zero-order valence-electron chi connectivity index (χ0n) is 8.15. The molecule has 0 aromatic heterocycles. The lowest BCUT2D eigenvalue weighted by Gasteiger charge is -2.22. The van der Waals surface area contributed by atoms with Crippen molar-refractivity contribution >= 4 is 0 Å². The fourth-order valence-corrected chi connectivity index (χ4v) is 0.985. The first-order valence-corrected chi connectivity index (χ1v) is 4.15. The summed E-state index contributed by atoms with van der Waals surface area (Å²) in [6, 6.07) is 0. The molecule has 0 spiro atoms. The van der Waals surface area contributed by atoms with Crippen LogP contribution in [0.15, 0.2) is 12.2 Å². The van der Waals surface area contributed by atoms with E-state index >= 15 is 0 Å². The molecule has 0 aliphatic rings. The molecular formula is C10H20O. The lowest BCUT2D eigenvalue weighted by molar-refractivity contribution is 0.247. The van der Waals surface area contributed by atoms with Gasteiger partial charge in [0.15, 0.2) is 0 Å². The van der Waals surface area contributed by atoms with Crippen LogP contribution in [0.4, 0.5) is 0 Å². The van der Waals surface area contributed by atoms with E-state index in [0.29, 0.717) is 5.41 Å². The van der Waals surface area contributed by atoms with Crippen molar-refractivity contribution in [3.8, 4) is 0 Å².